The lowest BCUT2D eigenvalue weighted by molar-refractivity contribution is -0.186. The molecule has 2 aliphatic rings. The minimum atomic E-state index is -3.28. The number of aromatic nitrogens is 1. The SMILES string of the molecule is COC(=O)c1ccc([C@@H]2CC3(CCN2Cc2c(OC)cc(C)c4c2ccn4C(=O)OC(C)(C)C)CC(F)(F)C3)c(NCCS(C)(=O)=O)c1. The second-order valence-corrected chi connectivity index (χ2v) is 16.6. The fourth-order valence-corrected chi connectivity index (χ4v) is 7.70. The minimum Gasteiger partial charge on any atom is -0.496 e. The first kappa shape index (κ1) is 35.6. The molecule has 10 nitrogen and oxygen atoms in total. The van der Waals surface area contributed by atoms with Crippen molar-refractivity contribution in [3.8, 4) is 5.75 Å². The van der Waals surface area contributed by atoms with Gasteiger partial charge in [-0.2, -0.15) is 0 Å². The van der Waals surface area contributed by atoms with E-state index in [0.29, 0.717) is 42.9 Å². The third kappa shape index (κ3) is 7.62. The molecule has 0 radical (unpaired) electrons. The van der Waals surface area contributed by atoms with Crippen LogP contribution < -0.4 is 10.1 Å². The number of piperidine rings is 1. The quantitative estimate of drug-likeness (QED) is 0.244. The number of esters is 1. The summed E-state index contributed by atoms with van der Waals surface area (Å²) >= 11 is 0. The van der Waals surface area contributed by atoms with E-state index in [4.69, 9.17) is 14.2 Å². The molecule has 1 atom stereocenters. The molecular weight excluding hydrogens is 644 g/mol. The molecule has 1 spiro atoms. The van der Waals surface area contributed by atoms with E-state index < -0.39 is 38.8 Å². The van der Waals surface area contributed by atoms with Crippen molar-refractivity contribution in [1.82, 2.24) is 9.47 Å². The van der Waals surface area contributed by atoms with Crippen molar-refractivity contribution < 1.29 is 41.0 Å². The van der Waals surface area contributed by atoms with Crippen LogP contribution in [0.3, 0.4) is 0 Å². The Kier molecular flexibility index (Phi) is 9.61. The third-order valence-electron chi connectivity index (χ3n) is 9.29. The summed E-state index contributed by atoms with van der Waals surface area (Å²) in [7, 11) is -0.417. The Labute approximate surface area is 280 Å². The zero-order valence-corrected chi connectivity index (χ0v) is 29.4. The highest BCUT2D eigenvalue weighted by Crippen LogP contribution is 2.61. The van der Waals surface area contributed by atoms with E-state index in [1.54, 1.807) is 52.3 Å². The summed E-state index contributed by atoms with van der Waals surface area (Å²) in [4.78, 5) is 27.9. The predicted octanol–water partition coefficient (Wildman–Crippen LogP) is 6.74. The van der Waals surface area contributed by atoms with Crippen LogP contribution in [0.15, 0.2) is 36.5 Å². The molecule has 1 saturated heterocycles. The molecule has 2 fully saturated rings. The number of methoxy groups -OCH3 is 2. The van der Waals surface area contributed by atoms with Gasteiger partial charge in [-0.1, -0.05) is 6.07 Å². The van der Waals surface area contributed by atoms with Crippen LogP contribution in [0.4, 0.5) is 19.3 Å². The number of likely N-dealkylation sites (tertiary alicyclic amines) is 1. The van der Waals surface area contributed by atoms with Gasteiger partial charge in [0.15, 0.2) is 0 Å². The summed E-state index contributed by atoms with van der Waals surface area (Å²) < 4.78 is 70.6. The van der Waals surface area contributed by atoms with Gasteiger partial charge in [0, 0.05) is 61.1 Å². The number of halogens is 2. The van der Waals surface area contributed by atoms with Gasteiger partial charge < -0.3 is 19.5 Å². The number of ether oxygens (including phenoxy) is 3. The summed E-state index contributed by atoms with van der Waals surface area (Å²) in [6, 6.07) is 8.45. The van der Waals surface area contributed by atoms with E-state index in [1.165, 1.54) is 11.7 Å². The van der Waals surface area contributed by atoms with E-state index >= 15 is 0 Å². The fourth-order valence-electron chi connectivity index (χ4n) is 7.23. The van der Waals surface area contributed by atoms with E-state index in [9.17, 15) is 26.8 Å². The van der Waals surface area contributed by atoms with Gasteiger partial charge in [0.1, 0.15) is 21.2 Å². The standard InChI is InChI=1S/C35H45F2N3O7S/c1-22-16-29(45-5)26(24-10-13-40(30(22)24)32(42)47-33(2,3)4)19-39-14-11-34(20-35(36,37)21-34)18-28(39)25-9-8-23(31(41)46-6)17-27(25)38-12-15-48(7,43)44/h8-10,13,16-17,28,38H,11-12,14-15,18-21H2,1-7H3/t28-/m0/s1. The number of hydrogen-bond acceptors (Lipinski definition) is 9. The average molecular weight is 690 g/mol. The highest BCUT2D eigenvalue weighted by Gasteiger charge is 2.58. The van der Waals surface area contributed by atoms with Crippen LogP contribution in [0.25, 0.3) is 10.9 Å². The number of alkyl halides is 2. The lowest BCUT2D eigenvalue weighted by atomic mass is 9.58. The maximum atomic E-state index is 14.4. The van der Waals surface area contributed by atoms with Gasteiger partial charge in [0.2, 0.25) is 5.92 Å². The number of sulfone groups is 1. The van der Waals surface area contributed by atoms with E-state index in [2.05, 4.69) is 10.2 Å². The number of fused-ring (bicyclic) bond motifs is 1. The lowest BCUT2D eigenvalue weighted by Crippen LogP contribution is -2.53. The van der Waals surface area contributed by atoms with Crippen molar-refractivity contribution in [3.63, 3.8) is 0 Å². The lowest BCUT2D eigenvalue weighted by Gasteiger charge is -2.55. The normalized spacial score (nSPS) is 19.1. The van der Waals surface area contributed by atoms with Crippen LogP contribution in [0, 0.1) is 12.3 Å². The van der Waals surface area contributed by atoms with Crippen LogP contribution in [0.2, 0.25) is 0 Å². The number of hydrogen-bond donors (Lipinski definition) is 1. The number of nitrogens with one attached hydrogen (secondary N) is 1. The Hall–Kier alpha value is -3.71. The molecule has 0 bridgehead atoms. The first-order valence-electron chi connectivity index (χ1n) is 16.0. The zero-order valence-electron chi connectivity index (χ0n) is 28.6. The topological polar surface area (TPSA) is 116 Å². The fraction of sp³-hybridized carbons (Fsp3) is 0.543. The molecule has 48 heavy (non-hydrogen) atoms. The molecule has 0 amide bonds. The molecule has 0 unspecified atom stereocenters. The van der Waals surface area contributed by atoms with E-state index in [0.717, 1.165) is 28.3 Å². The average Bonchev–Trinajstić information content (AvgIpc) is 3.43. The molecule has 1 aliphatic heterocycles. The second-order valence-electron chi connectivity index (χ2n) is 14.3. The van der Waals surface area contributed by atoms with Crippen LogP contribution in [0.1, 0.15) is 79.5 Å². The smallest absolute Gasteiger partial charge is 0.419 e. The molecule has 3 aromatic rings. The molecule has 13 heteroatoms. The molecule has 2 heterocycles. The van der Waals surface area contributed by atoms with Gasteiger partial charge in [0.05, 0.1) is 31.1 Å². The van der Waals surface area contributed by atoms with Crippen molar-refractivity contribution >= 4 is 38.5 Å². The number of rotatable bonds is 9. The minimum absolute atomic E-state index is 0.0942. The van der Waals surface area contributed by atoms with Gasteiger partial charge in [-0.25, -0.2) is 26.8 Å². The number of benzene rings is 2. The summed E-state index contributed by atoms with van der Waals surface area (Å²) in [5, 5.41) is 4.01. The molecule has 5 rings (SSSR count). The number of aryl methyl sites for hydroxylation is 1. The van der Waals surface area contributed by atoms with Crippen molar-refractivity contribution in [2.24, 2.45) is 5.41 Å². The monoisotopic (exact) mass is 689 g/mol. The zero-order chi connectivity index (χ0) is 35.2. The molecule has 1 N–H and O–H groups in total. The van der Waals surface area contributed by atoms with Crippen LogP contribution >= 0.6 is 0 Å². The van der Waals surface area contributed by atoms with Gasteiger partial charge >= 0.3 is 12.1 Å². The van der Waals surface area contributed by atoms with Gasteiger partial charge in [0.25, 0.3) is 0 Å². The Morgan fingerprint density at radius 2 is 1.81 bits per heavy atom. The van der Waals surface area contributed by atoms with Crippen molar-refractivity contribution in [3.05, 3.63) is 58.8 Å². The van der Waals surface area contributed by atoms with Crippen LogP contribution in [-0.2, 0) is 25.9 Å². The molecule has 1 saturated carbocycles. The van der Waals surface area contributed by atoms with E-state index in [1.807, 2.05) is 19.1 Å². The Bertz CT molecular complexity index is 1820. The van der Waals surface area contributed by atoms with E-state index in [-0.39, 0.29) is 36.7 Å². The number of nitrogens with zero attached hydrogens (tertiary/aromatic N) is 2. The molecule has 2 aromatic carbocycles. The first-order chi connectivity index (χ1) is 22.3. The summed E-state index contributed by atoms with van der Waals surface area (Å²) in [6.07, 6.45) is 2.95. The Morgan fingerprint density at radius 1 is 1.10 bits per heavy atom. The van der Waals surface area contributed by atoms with Gasteiger partial charge in [-0.05, 0) is 87.9 Å². The van der Waals surface area contributed by atoms with Crippen molar-refractivity contribution in [2.75, 3.05) is 44.6 Å². The molecule has 1 aliphatic carbocycles. The van der Waals surface area contributed by atoms with Gasteiger partial charge in [-0.15, -0.1) is 0 Å². The Morgan fingerprint density at radius 3 is 2.42 bits per heavy atom. The van der Waals surface area contributed by atoms with Crippen molar-refractivity contribution in [2.45, 2.75) is 77.5 Å². The number of carbonyl (C=O) groups excluding carboxylic acids is 2. The summed E-state index contributed by atoms with van der Waals surface area (Å²) in [5.41, 5.74) is 2.68. The molecular formula is C35H45F2N3O7S. The maximum absolute atomic E-state index is 14.4. The number of anilines is 1. The second kappa shape index (κ2) is 13.0. The highest BCUT2D eigenvalue weighted by atomic mass is 32.2. The first-order valence-corrected chi connectivity index (χ1v) is 18.1. The summed E-state index contributed by atoms with van der Waals surface area (Å²) in [5.74, 6) is -2.77. The van der Waals surface area contributed by atoms with Crippen molar-refractivity contribution in [1.29, 1.82) is 0 Å². The largest absolute Gasteiger partial charge is 0.496 e. The van der Waals surface area contributed by atoms with Crippen LogP contribution in [-0.4, -0.2) is 80.8 Å². The van der Waals surface area contributed by atoms with Gasteiger partial charge in [-0.3, -0.25) is 9.47 Å². The maximum Gasteiger partial charge on any atom is 0.419 e. The summed E-state index contributed by atoms with van der Waals surface area (Å²) in [6.45, 7) is 8.29. The van der Waals surface area contributed by atoms with Crippen LogP contribution in [0.5, 0.6) is 5.75 Å². The Balaban J connectivity index is 1.58. The predicted molar refractivity (Wildman–Crippen MR) is 180 cm³/mol. The number of carbonyl (C=O) groups is 2. The molecule has 1 aromatic heterocycles. The third-order valence-corrected chi connectivity index (χ3v) is 10.2. The highest BCUT2D eigenvalue weighted by molar-refractivity contribution is 7.90. The molecule has 262 valence electrons.